The van der Waals surface area contributed by atoms with E-state index in [-0.39, 0.29) is 18.1 Å². The zero-order chi connectivity index (χ0) is 19.3. The maximum atomic E-state index is 11.6. The Hall–Kier alpha value is -2.07. The maximum Gasteiger partial charge on any atom is 0.490 e. The minimum atomic E-state index is -5.08. The number of aliphatic carboxylic acids is 1. The molecule has 1 aromatic rings. The van der Waals surface area contributed by atoms with Gasteiger partial charge in [0.25, 0.3) is 0 Å². The van der Waals surface area contributed by atoms with Gasteiger partial charge in [-0.3, -0.25) is 9.69 Å². The Morgan fingerprint density at radius 1 is 1.35 bits per heavy atom. The summed E-state index contributed by atoms with van der Waals surface area (Å²) in [6, 6.07) is 2.44. The quantitative estimate of drug-likeness (QED) is 0.833. The number of hydrogen-bond donors (Lipinski definition) is 2. The molecule has 3 atom stereocenters. The second-order valence-electron chi connectivity index (χ2n) is 6.12. The van der Waals surface area contributed by atoms with E-state index in [0.717, 1.165) is 32.4 Å². The number of halogens is 3. The number of hydrogen-bond acceptors (Lipinski definition) is 5. The van der Waals surface area contributed by atoms with Crippen LogP contribution in [-0.2, 0) is 20.9 Å². The molecule has 0 unspecified atom stereocenters. The fraction of sp³-hybridized carbons (Fsp3) is 0.625. The van der Waals surface area contributed by atoms with Crippen molar-refractivity contribution in [2.24, 2.45) is 0 Å². The molecular formula is C16H21F3N2O5. The van der Waals surface area contributed by atoms with Crippen molar-refractivity contribution in [3.05, 3.63) is 24.2 Å². The van der Waals surface area contributed by atoms with E-state index in [9.17, 15) is 18.0 Å². The predicted molar refractivity (Wildman–Crippen MR) is 83.2 cm³/mol. The molecule has 2 aliphatic heterocycles. The van der Waals surface area contributed by atoms with Crippen LogP contribution in [0.1, 0.15) is 24.8 Å². The van der Waals surface area contributed by atoms with E-state index in [1.165, 1.54) is 5.56 Å². The third-order valence-corrected chi connectivity index (χ3v) is 4.41. The lowest BCUT2D eigenvalue weighted by atomic mass is 9.98. The Balaban J connectivity index is 0.000000298. The normalized spacial score (nSPS) is 25.8. The van der Waals surface area contributed by atoms with Crippen molar-refractivity contribution in [3.8, 4) is 0 Å². The number of amides is 1. The summed E-state index contributed by atoms with van der Waals surface area (Å²) < 4.78 is 42.8. The number of nitrogens with one attached hydrogen (secondary N) is 1. The smallest absolute Gasteiger partial charge is 0.475 e. The van der Waals surface area contributed by atoms with Crippen LogP contribution in [0.2, 0.25) is 0 Å². The molecular weight excluding hydrogens is 357 g/mol. The van der Waals surface area contributed by atoms with Crippen LogP contribution in [0.3, 0.4) is 0 Å². The Morgan fingerprint density at radius 3 is 2.58 bits per heavy atom. The van der Waals surface area contributed by atoms with Crippen LogP contribution < -0.4 is 5.32 Å². The topological polar surface area (TPSA) is 92.0 Å². The van der Waals surface area contributed by atoms with Gasteiger partial charge in [0.15, 0.2) is 0 Å². The molecule has 2 fully saturated rings. The summed E-state index contributed by atoms with van der Waals surface area (Å²) in [5.74, 6) is -2.75. The van der Waals surface area contributed by atoms with Gasteiger partial charge in [0.05, 0.1) is 18.6 Å². The van der Waals surface area contributed by atoms with Crippen molar-refractivity contribution in [3.63, 3.8) is 0 Å². The second kappa shape index (κ2) is 8.54. The van der Waals surface area contributed by atoms with Crippen molar-refractivity contribution in [2.45, 2.75) is 50.2 Å². The lowest BCUT2D eigenvalue weighted by molar-refractivity contribution is -0.192. The highest BCUT2D eigenvalue weighted by molar-refractivity contribution is 5.80. The van der Waals surface area contributed by atoms with Gasteiger partial charge in [-0.2, -0.15) is 13.2 Å². The van der Waals surface area contributed by atoms with Gasteiger partial charge in [0.2, 0.25) is 5.91 Å². The fourth-order valence-corrected chi connectivity index (χ4v) is 3.18. The van der Waals surface area contributed by atoms with Gasteiger partial charge in [-0.25, -0.2) is 4.79 Å². The average molecular weight is 378 g/mol. The molecule has 0 spiro atoms. The third-order valence-electron chi connectivity index (χ3n) is 4.41. The fourth-order valence-electron chi connectivity index (χ4n) is 3.18. The van der Waals surface area contributed by atoms with Crippen molar-refractivity contribution in [1.29, 1.82) is 0 Å². The molecule has 0 aromatic carbocycles. The molecule has 0 aliphatic carbocycles. The zero-order valence-corrected chi connectivity index (χ0v) is 14.2. The van der Waals surface area contributed by atoms with E-state index in [1.807, 2.05) is 6.07 Å². The molecule has 2 N–H and O–H groups in total. The van der Waals surface area contributed by atoms with Crippen LogP contribution in [0.25, 0.3) is 0 Å². The predicted octanol–water partition coefficient (Wildman–Crippen LogP) is 1.78. The number of fused-ring (bicyclic) bond motifs is 1. The molecule has 0 bridgehead atoms. The average Bonchev–Trinajstić information content (AvgIpc) is 3.24. The molecule has 0 saturated carbocycles. The highest BCUT2D eigenvalue weighted by Gasteiger charge is 2.41. The SMILES string of the molecule is CNC(=O)[C@H]1CC[C@@H]2[C@@H](CCN2Cc2ccoc2)O1.O=C(O)C(F)(F)F. The molecule has 10 heteroatoms. The summed E-state index contributed by atoms with van der Waals surface area (Å²) in [7, 11) is 1.66. The lowest BCUT2D eigenvalue weighted by Gasteiger charge is -2.35. The maximum absolute atomic E-state index is 11.6. The summed E-state index contributed by atoms with van der Waals surface area (Å²) in [6.07, 6.45) is 1.20. The van der Waals surface area contributed by atoms with Gasteiger partial charge < -0.3 is 19.6 Å². The molecule has 7 nitrogen and oxygen atoms in total. The van der Waals surface area contributed by atoms with Gasteiger partial charge in [-0.05, 0) is 25.3 Å². The first kappa shape index (κ1) is 20.2. The van der Waals surface area contributed by atoms with Crippen LogP contribution in [0.15, 0.2) is 23.0 Å². The summed E-state index contributed by atoms with van der Waals surface area (Å²) in [5.41, 5.74) is 1.20. The Morgan fingerprint density at radius 2 is 2.04 bits per heavy atom. The third kappa shape index (κ3) is 5.21. The van der Waals surface area contributed by atoms with Crippen molar-refractivity contribution >= 4 is 11.9 Å². The van der Waals surface area contributed by atoms with Gasteiger partial charge in [0.1, 0.15) is 6.10 Å². The highest BCUT2D eigenvalue weighted by atomic mass is 19.4. The van der Waals surface area contributed by atoms with E-state index in [1.54, 1.807) is 19.6 Å². The van der Waals surface area contributed by atoms with Gasteiger partial charge in [-0.15, -0.1) is 0 Å². The number of likely N-dealkylation sites (N-methyl/N-ethyl adjacent to an activating group) is 1. The number of ether oxygens (including phenoxy) is 1. The monoisotopic (exact) mass is 378 g/mol. The summed E-state index contributed by atoms with van der Waals surface area (Å²) in [6.45, 7) is 1.94. The Kier molecular flexibility index (Phi) is 6.65. The molecule has 1 amide bonds. The number of alkyl halides is 3. The minimum Gasteiger partial charge on any atom is -0.475 e. The van der Waals surface area contributed by atoms with Crippen LogP contribution in [-0.4, -0.2) is 59.9 Å². The standard InChI is InChI=1S/C14H20N2O3.C2HF3O2/c1-15-14(17)13-3-2-11-12(19-13)4-6-16(11)8-10-5-7-18-9-10;3-2(4,5)1(6)7/h5,7,9,11-13H,2-4,6,8H2,1H3,(H,15,17);(H,6,7)/t11-,12-,13-;/m1./s1. The molecule has 3 rings (SSSR count). The Labute approximate surface area is 148 Å². The van der Waals surface area contributed by atoms with Crippen molar-refractivity contribution < 1.29 is 37.0 Å². The number of rotatable bonds is 3. The molecule has 146 valence electrons. The minimum absolute atomic E-state index is 0.00624. The number of carbonyl (C=O) groups excluding carboxylic acids is 1. The van der Waals surface area contributed by atoms with E-state index in [0.29, 0.717) is 6.04 Å². The number of carboxylic acids is 1. The van der Waals surface area contributed by atoms with Crippen molar-refractivity contribution in [1.82, 2.24) is 10.2 Å². The van der Waals surface area contributed by atoms with Crippen LogP contribution in [0.4, 0.5) is 13.2 Å². The zero-order valence-electron chi connectivity index (χ0n) is 14.2. The van der Waals surface area contributed by atoms with Crippen LogP contribution in [0, 0.1) is 0 Å². The van der Waals surface area contributed by atoms with E-state index in [4.69, 9.17) is 19.1 Å². The van der Waals surface area contributed by atoms with E-state index in [2.05, 4.69) is 10.2 Å². The van der Waals surface area contributed by atoms with E-state index < -0.39 is 12.1 Å². The van der Waals surface area contributed by atoms with Crippen LogP contribution in [0.5, 0.6) is 0 Å². The van der Waals surface area contributed by atoms with E-state index >= 15 is 0 Å². The molecule has 26 heavy (non-hydrogen) atoms. The largest absolute Gasteiger partial charge is 0.490 e. The second-order valence-corrected chi connectivity index (χ2v) is 6.12. The number of carboxylic acid groups (broad SMARTS) is 1. The Bertz CT molecular complexity index is 606. The molecule has 2 aliphatic rings. The summed E-state index contributed by atoms with van der Waals surface area (Å²) >= 11 is 0. The van der Waals surface area contributed by atoms with Gasteiger partial charge >= 0.3 is 12.1 Å². The first-order chi connectivity index (χ1) is 12.2. The number of furan rings is 1. The van der Waals surface area contributed by atoms with Crippen LogP contribution >= 0.6 is 0 Å². The van der Waals surface area contributed by atoms with Crippen molar-refractivity contribution in [2.75, 3.05) is 13.6 Å². The molecule has 3 heterocycles. The van der Waals surface area contributed by atoms with Gasteiger partial charge in [0, 0.05) is 31.7 Å². The number of nitrogens with zero attached hydrogens (tertiary/aromatic N) is 1. The first-order valence-electron chi connectivity index (χ1n) is 8.14. The lowest BCUT2D eigenvalue weighted by Crippen LogP contribution is -2.47. The number of carbonyl (C=O) groups is 2. The first-order valence-corrected chi connectivity index (χ1v) is 8.14. The molecule has 2 saturated heterocycles. The van der Waals surface area contributed by atoms with Gasteiger partial charge in [-0.1, -0.05) is 0 Å². The number of likely N-dealkylation sites (tertiary alicyclic amines) is 1. The summed E-state index contributed by atoms with van der Waals surface area (Å²) in [5, 5.41) is 9.80. The highest BCUT2D eigenvalue weighted by Crippen LogP contribution is 2.32. The summed E-state index contributed by atoms with van der Waals surface area (Å²) in [4.78, 5) is 23.0. The molecule has 0 radical (unpaired) electrons. The molecule has 1 aromatic heterocycles.